The maximum absolute atomic E-state index is 11.8. The zero-order valence-corrected chi connectivity index (χ0v) is 12.6. The van der Waals surface area contributed by atoms with Crippen LogP contribution >= 0.6 is 0 Å². The molecule has 3 N–H and O–H groups in total. The standard InChI is InChI=1S/C15H19N3O3/c1-8(2)10-5-9(3)11(20-4)6-12(10)21-13-7-17-15(16)18-14(13)19/h5-8H,1-4H3,(H3,16,17,18,19). The van der Waals surface area contributed by atoms with Crippen molar-refractivity contribution in [2.75, 3.05) is 12.8 Å². The van der Waals surface area contributed by atoms with Crippen LogP contribution in [0.15, 0.2) is 23.1 Å². The minimum absolute atomic E-state index is 0.0536. The number of nitrogens with zero attached hydrogens (tertiary/aromatic N) is 1. The largest absolute Gasteiger partial charge is 0.496 e. The number of rotatable bonds is 4. The quantitative estimate of drug-likeness (QED) is 0.902. The van der Waals surface area contributed by atoms with E-state index in [0.717, 1.165) is 11.1 Å². The molecule has 0 bridgehead atoms. The summed E-state index contributed by atoms with van der Waals surface area (Å²) in [6.45, 7) is 6.07. The van der Waals surface area contributed by atoms with Crippen LogP contribution in [-0.2, 0) is 0 Å². The molecule has 0 unspecified atom stereocenters. The molecule has 1 aromatic carbocycles. The van der Waals surface area contributed by atoms with Crippen LogP contribution in [0, 0.1) is 6.92 Å². The van der Waals surface area contributed by atoms with Gasteiger partial charge in [0, 0.05) is 6.07 Å². The molecule has 0 atom stereocenters. The second kappa shape index (κ2) is 5.87. The van der Waals surface area contributed by atoms with Crippen LogP contribution in [-0.4, -0.2) is 17.1 Å². The highest BCUT2D eigenvalue weighted by Crippen LogP contribution is 2.35. The van der Waals surface area contributed by atoms with Gasteiger partial charge in [-0.25, -0.2) is 4.98 Å². The van der Waals surface area contributed by atoms with Gasteiger partial charge in [0.05, 0.1) is 13.3 Å². The summed E-state index contributed by atoms with van der Waals surface area (Å²) >= 11 is 0. The number of anilines is 1. The first-order chi connectivity index (χ1) is 9.92. The van der Waals surface area contributed by atoms with Gasteiger partial charge in [-0.1, -0.05) is 13.8 Å². The van der Waals surface area contributed by atoms with E-state index in [4.69, 9.17) is 15.2 Å². The summed E-state index contributed by atoms with van der Waals surface area (Å²) in [6, 6.07) is 3.78. The predicted molar refractivity (Wildman–Crippen MR) is 81.2 cm³/mol. The molecule has 0 aliphatic rings. The summed E-state index contributed by atoms with van der Waals surface area (Å²) in [6.07, 6.45) is 1.31. The highest BCUT2D eigenvalue weighted by atomic mass is 16.5. The minimum atomic E-state index is -0.420. The van der Waals surface area contributed by atoms with Crippen molar-refractivity contribution in [3.8, 4) is 17.2 Å². The normalized spacial score (nSPS) is 10.7. The van der Waals surface area contributed by atoms with Crippen molar-refractivity contribution in [2.24, 2.45) is 0 Å². The van der Waals surface area contributed by atoms with Crippen molar-refractivity contribution < 1.29 is 9.47 Å². The third-order valence-corrected chi connectivity index (χ3v) is 3.16. The number of nitrogens with two attached hydrogens (primary N) is 1. The average molecular weight is 289 g/mol. The van der Waals surface area contributed by atoms with Crippen LogP contribution < -0.4 is 20.8 Å². The number of aromatic amines is 1. The van der Waals surface area contributed by atoms with Crippen molar-refractivity contribution in [1.29, 1.82) is 0 Å². The lowest BCUT2D eigenvalue weighted by Crippen LogP contribution is -2.12. The summed E-state index contributed by atoms with van der Waals surface area (Å²) in [5.41, 5.74) is 7.00. The van der Waals surface area contributed by atoms with Gasteiger partial charge in [-0.15, -0.1) is 0 Å². The Hall–Kier alpha value is -2.50. The summed E-state index contributed by atoms with van der Waals surface area (Å²) in [5, 5.41) is 0. The van der Waals surface area contributed by atoms with E-state index >= 15 is 0 Å². The second-order valence-electron chi connectivity index (χ2n) is 5.08. The number of aromatic nitrogens is 2. The van der Waals surface area contributed by atoms with E-state index in [1.165, 1.54) is 6.20 Å². The lowest BCUT2D eigenvalue weighted by Gasteiger charge is -2.16. The molecule has 6 heteroatoms. The fourth-order valence-electron chi connectivity index (χ4n) is 2.04. The molecule has 2 aromatic rings. The highest BCUT2D eigenvalue weighted by Gasteiger charge is 2.14. The van der Waals surface area contributed by atoms with Crippen molar-refractivity contribution in [3.63, 3.8) is 0 Å². The summed E-state index contributed by atoms with van der Waals surface area (Å²) in [4.78, 5) is 18.1. The number of benzene rings is 1. The Kier molecular flexibility index (Phi) is 4.16. The van der Waals surface area contributed by atoms with Gasteiger partial charge in [0.2, 0.25) is 5.75 Å². The molecule has 0 aliphatic carbocycles. The third-order valence-electron chi connectivity index (χ3n) is 3.16. The van der Waals surface area contributed by atoms with E-state index in [0.29, 0.717) is 11.5 Å². The molecule has 0 amide bonds. The molecule has 0 aliphatic heterocycles. The van der Waals surface area contributed by atoms with E-state index < -0.39 is 5.56 Å². The molecule has 1 heterocycles. The molecule has 21 heavy (non-hydrogen) atoms. The second-order valence-corrected chi connectivity index (χ2v) is 5.08. The van der Waals surface area contributed by atoms with Gasteiger partial charge in [-0.3, -0.25) is 9.78 Å². The fourth-order valence-corrected chi connectivity index (χ4v) is 2.04. The molecule has 6 nitrogen and oxygen atoms in total. The number of hydrogen-bond acceptors (Lipinski definition) is 5. The first-order valence-corrected chi connectivity index (χ1v) is 6.63. The van der Waals surface area contributed by atoms with E-state index in [1.807, 2.05) is 13.0 Å². The highest BCUT2D eigenvalue weighted by molar-refractivity contribution is 5.48. The van der Waals surface area contributed by atoms with Crippen molar-refractivity contribution in [3.05, 3.63) is 39.8 Å². The number of H-pyrrole nitrogens is 1. The fraction of sp³-hybridized carbons (Fsp3) is 0.333. The molecular weight excluding hydrogens is 270 g/mol. The van der Waals surface area contributed by atoms with Crippen molar-refractivity contribution in [2.45, 2.75) is 26.7 Å². The topological polar surface area (TPSA) is 90.2 Å². The zero-order valence-electron chi connectivity index (χ0n) is 12.6. The summed E-state index contributed by atoms with van der Waals surface area (Å²) < 4.78 is 11.0. The lowest BCUT2D eigenvalue weighted by atomic mass is 9.99. The average Bonchev–Trinajstić information content (AvgIpc) is 2.42. The Labute approximate surface area is 122 Å². The van der Waals surface area contributed by atoms with Crippen LogP contribution in [0.1, 0.15) is 30.9 Å². The Morgan fingerprint density at radius 3 is 2.52 bits per heavy atom. The van der Waals surface area contributed by atoms with E-state index in [2.05, 4.69) is 23.8 Å². The first kappa shape index (κ1) is 14.9. The van der Waals surface area contributed by atoms with Crippen LogP contribution in [0.25, 0.3) is 0 Å². The van der Waals surface area contributed by atoms with Gasteiger partial charge < -0.3 is 15.2 Å². The number of nitrogen functional groups attached to an aromatic ring is 1. The van der Waals surface area contributed by atoms with Crippen LogP contribution in [0.2, 0.25) is 0 Å². The van der Waals surface area contributed by atoms with E-state index in [9.17, 15) is 4.79 Å². The predicted octanol–water partition coefficient (Wildman–Crippen LogP) is 2.58. The monoisotopic (exact) mass is 289 g/mol. The summed E-state index contributed by atoms with van der Waals surface area (Å²) in [7, 11) is 1.60. The molecule has 0 saturated carbocycles. The summed E-state index contributed by atoms with van der Waals surface area (Å²) in [5.74, 6) is 1.67. The molecular formula is C15H19N3O3. The number of hydrogen-bond donors (Lipinski definition) is 2. The zero-order chi connectivity index (χ0) is 15.6. The minimum Gasteiger partial charge on any atom is -0.496 e. The Morgan fingerprint density at radius 2 is 1.95 bits per heavy atom. The maximum atomic E-state index is 11.8. The number of methoxy groups -OCH3 is 1. The smallest absolute Gasteiger partial charge is 0.295 e. The van der Waals surface area contributed by atoms with Crippen LogP contribution in [0.5, 0.6) is 17.2 Å². The van der Waals surface area contributed by atoms with Crippen molar-refractivity contribution >= 4 is 5.95 Å². The Morgan fingerprint density at radius 1 is 1.24 bits per heavy atom. The van der Waals surface area contributed by atoms with E-state index in [1.54, 1.807) is 13.2 Å². The third kappa shape index (κ3) is 3.16. The first-order valence-electron chi connectivity index (χ1n) is 6.63. The molecule has 112 valence electrons. The van der Waals surface area contributed by atoms with Crippen molar-refractivity contribution in [1.82, 2.24) is 9.97 Å². The van der Waals surface area contributed by atoms with Gasteiger partial charge in [0.15, 0.2) is 5.95 Å². The van der Waals surface area contributed by atoms with Crippen LogP contribution in [0.3, 0.4) is 0 Å². The SMILES string of the molecule is COc1cc(Oc2cnc(N)[nH]c2=O)c(C(C)C)cc1C. The number of nitrogens with one attached hydrogen (secondary N) is 1. The van der Waals surface area contributed by atoms with Gasteiger partial charge >= 0.3 is 0 Å². The maximum Gasteiger partial charge on any atom is 0.295 e. The van der Waals surface area contributed by atoms with E-state index in [-0.39, 0.29) is 17.6 Å². The van der Waals surface area contributed by atoms with Crippen LogP contribution in [0.4, 0.5) is 5.95 Å². The Balaban J connectivity index is 2.49. The van der Waals surface area contributed by atoms with Gasteiger partial charge in [-0.05, 0) is 30.0 Å². The molecule has 0 radical (unpaired) electrons. The van der Waals surface area contributed by atoms with Gasteiger partial charge in [0.25, 0.3) is 5.56 Å². The number of aryl methyl sites for hydroxylation is 1. The Bertz CT molecular complexity index is 708. The van der Waals surface area contributed by atoms with Gasteiger partial charge in [0.1, 0.15) is 11.5 Å². The molecule has 0 saturated heterocycles. The molecule has 1 aromatic heterocycles. The number of ether oxygens (including phenoxy) is 2. The molecule has 0 spiro atoms. The molecule has 0 fully saturated rings. The van der Waals surface area contributed by atoms with Gasteiger partial charge in [-0.2, -0.15) is 0 Å². The molecule has 2 rings (SSSR count). The lowest BCUT2D eigenvalue weighted by molar-refractivity contribution is 0.403.